The van der Waals surface area contributed by atoms with Crippen molar-refractivity contribution < 1.29 is 33.0 Å². The van der Waals surface area contributed by atoms with Crippen LogP contribution in [0.25, 0.3) is 11.2 Å². The van der Waals surface area contributed by atoms with Gasteiger partial charge in [-0.2, -0.15) is 15.1 Å². The molecule has 1 saturated heterocycles. The number of nitrogen functional groups attached to an aromatic ring is 2. The number of nitrogens with one attached hydrogen (secondary N) is 1. The number of para-hydroxylation sites is 1. The number of halogens is 2. The maximum absolute atomic E-state index is 13.7. The number of ether oxygens (including phenoxy) is 2. The molecule has 0 aliphatic carbocycles. The van der Waals surface area contributed by atoms with Gasteiger partial charge in [-0.3, -0.25) is 13.9 Å². The molecule has 39 heavy (non-hydrogen) atoms. The van der Waals surface area contributed by atoms with Crippen LogP contribution in [0.5, 0.6) is 5.75 Å². The molecular weight excluding hydrogens is 576 g/mol. The Hall–Kier alpha value is -2.71. The molecule has 17 heteroatoms. The predicted octanol–water partition coefficient (Wildman–Crippen LogP) is 2.56. The van der Waals surface area contributed by atoms with Crippen LogP contribution in [0.15, 0.2) is 36.7 Å². The van der Waals surface area contributed by atoms with Crippen LogP contribution >= 0.6 is 30.9 Å². The van der Waals surface area contributed by atoms with E-state index < -0.39 is 55.2 Å². The van der Waals surface area contributed by atoms with Gasteiger partial charge in [0.25, 0.3) is 0 Å². The van der Waals surface area contributed by atoms with Crippen LogP contribution in [0.2, 0.25) is 0 Å². The summed E-state index contributed by atoms with van der Waals surface area (Å²) in [6.07, 6.45) is -3.06. The number of alkyl halides is 2. The van der Waals surface area contributed by atoms with Crippen molar-refractivity contribution in [1.82, 2.24) is 24.6 Å². The summed E-state index contributed by atoms with van der Waals surface area (Å²) in [5, 5.41) is 13.5. The number of hydrogen-bond donors (Lipinski definition) is 4. The summed E-state index contributed by atoms with van der Waals surface area (Å²) < 4.78 is 35.5. The van der Waals surface area contributed by atoms with Crippen LogP contribution in [0.1, 0.15) is 27.0 Å². The van der Waals surface area contributed by atoms with E-state index in [9.17, 15) is 14.5 Å². The first-order valence-electron chi connectivity index (χ1n) is 11.7. The number of hydrogen-bond acceptors (Lipinski definition) is 12. The third kappa shape index (κ3) is 6.38. The quantitative estimate of drug-likeness (QED) is 0.150. The number of esters is 1. The van der Waals surface area contributed by atoms with Gasteiger partial charge in [-0.15, -0.1) is 0 Å². The molecule has 4 rings (SSSR count). The van der Waals surface area contributed by atoms with E-state index in [4.69, 9.17) is 53.2 Å². The zero-order valence-electron chi connectivity index (χ0n) is 21.1. The second-order valence-electron chi connectivity index (χ2n) is 8.97. The second kappa shape index (κ2) is 11.4. The number of carbonyl (C=O) groups excluding carboxylic acids is 1. The zero-order chi connectivity index (χ0) is 28.5. The summed E-state index contributed by atoms with van der Waals surface area (Å²) in [6, 6.07) is 7.10. The number of nitrogens with two attached hydrogens (primary N) is 2. The first-order chi connectivity index (χ1) is 18.3. The van der Waals surface area contributed by atoms with Gasteiger partial charge in [0.15, 0.2) is 22.0 Å². The number of rotatable bonds is 10. The molecule has 6 N–H and O–H groups in total. The highest BCUT2D eigenvalue weighted by atomic mass is 35.5. The fourth-order valence-corrected chi connectivity index (χ4v) is 5.84. The molecule has 1 fully saturated rings. The Morgan fingerprint density at radius 1 is 1.26 bits per heavy atom. The molecule has 212 valence electrons. The van der Waals surface area contributed by atoms with Gasteiger partial charge < -0.3 is 30.6 Å². The van der Waals surface area contributed by atoms with Crippen molar-refractivity contribution >= 4 is 59.8 Å². The van der Waals surface area contributed by atoms with Crippen molar-refractivity contribution in [2.75, 3.05) is 18.1 Å². The van der Waals surface area contributed by atoms with Gasteiger partial charge in [-0.25, -0.2) is 9.55 Å². The van der Waals surface area contributed by atoms with Crippen molar-refractivity contribution in [3.8, 4) is 5.75 Å². The number of nitrogens with zero attached hydrogens (tertiary/aromatic N) is 4. The monoisotopic (exact) mass is 603 g/mol. The van der Waals surface area contributed by atoms with E-state index in [2.05, 4.69) is 20.0 Å². The van der Waals surface area contributed by atoms with Gasteiger partial charge in [-0.1, -0.05) is 41.4 Å². The largest absolute Gasteiger partial charge is 0.462 e. The first-order valence-corrected chi connectivity index (χ1v) is 14.0. The molecule has 3 aromatic rings. The number of aliphatic hydroxyl groups is 1. The summed E-state index contributed by atoms with van der Waals surface area (Å²) >= 11 is 13.0. The fraction of sp³-hybridized carbons (Fsp3) is 0.455. The molecule has 0 radical (unpaired) electrons. The number of benzene rings is 1. The van der Waals surface area contributed by atoms with Crippen LogP contribution < -0.4 is 21.1 Å². The summed E-state index contributed by atoms with van der Waals surface area (Å²) in [4.78, 5) is 24.5. The molecule has 0 saturated carbocycles. The van der Waals surface area contributed by atoms with Crippen LogP contribution in [-0.2, 0) is 23.4 Å². The maximum atomic E-state index is 13.7. The van der Waals surface area contributed by atoms with Gasteiger partial charge in [0, 0.05) is 0 Å². The Bertz CT molecular complexity index is 1380. The van der Waals surface area contributed by atoms with E-state index in [-0.39, 0.29) is 28.7 Å². The van der Waals surface area contributed by atoms with Crippen LogP contribution in [0, 0.1) is 0 Å². The lowest BCUT2D eigenvalue weighted by Gasteiger charge is -2.25. The van der Waals surface area contributed by atoms with Gasteiger partial charge in [0.05, 0.1) is 19.0 Å². The Morgan fingerprint density at radius 3 is 2.62 bits per heavy atom. The molecule has 2 aromatic heterocycles. The van der Waals surface area contributed by atoms with Crippen LogP contribution in [-0.4, -0.2) is 65.9 Å². The Labute approximate surface area is 233 Å². The molecule has 1 aliphatic heterocycles. The second-order valence-corrected chi connectivity index (χ2v) is 12.1. The number of imidazole rings is 1. The topological polar surface area (TPSA) is 199 Å². The molecule has 3 heterocycles. The minimum atomic E-state index is -4.25. The highest BCUT2D eigenvalue weighted by Crippen LogP contribution is 2.50. The summed E-state index contributed by atoms with van der Waals surface area (Å²) in [7, 11) is -4.25. The van der Waals surface area contributed by atoms with Crippen molar-refractivity contribution in [2.45, 2.75) is 55.7 Å². The molecular formula is C22H28Cl2N7O7P. The van der Waals surface area contributed by atoms with Gasteiger partial charge in [0.2, 0.25) is 5.95 Å². The lowest BCUT2D eigenvalue weighted by Crippen LogP contribution is -2.39. The van der Waals surface area contributed by atoms with Crippen LogP contribution in [0.3, 0.4) is 0 Å². The Balaban J connectivity index is 1.55. The van der Waals surface area contributed by atoms with Gasteiger partial charge in [0.1, 0.15) is 29.5 Å². The molecule has 14 nitrogen and oxygen atoms in total. The summed E-state index contributed by atoms with van der Waals surface area (Å²) in [5.41, 5.74) is 12.0. The lowest BCUT2D eigenvalue weighted by atomic mass is 10.2. The number of carbonyl (C=O) groups is 1. The van der Waals surface area contributed by atoms with E-state index >= 15 is 0 Å². The third-order valence-electron chi connectivity index (χ3n) is 5.53. The molecule has 0 spiro atoms. The summed E-state index contributed by atoms with van der Waals surface area (Å²) in [5.74, 6) is -0.562. The molecule has 5 atom stereocenters. The van der Waals surface area contributed by atoms with Crippen molar-refractivity contribution in [3.05, 3.63) is 36.7 Å². The Kier molecular flexibility index (Phi) is 8.57. The van der Waals surface area contributed by atoms with E-state index in [0.717, 1.165) is 0 Å². The molecule has 0 unspecified atom stereocenters. The van der Waals surface area contributed by atoms with Crippen molar-refractivity contribution in [1.29, 1.82) is 0 Å². The Morgan fingerprint density at radius 2 is 1.95 bits per heavy atom. The van der Waals surface area contributed by atoms with E-state index in [1.165, 1.54) is 17.8 Å². The third-order valence-corrected chi connectivity index (χ3v) is 8.00. The fourth-order valence-electron chi connectivity index (χ4n) is 3.74. The van der Waals surface area contributed by atoms with Gasteiger partial charge >= 0.3 is 13.7 Å². The smallest absolute Gasteiger partial charge is 0.459 e. The average Bonchev–Trinajstić information content (AvgIpc) is 3.36. The van der Waals surface area contributed by atoms with Crippen LogP contribution in [0.4, 0.5) is 11.8 Å². The first kappa shape index (κ1) is 29.3. The standard InChI is InChI=1S/C22H28Cl2N7O7P/c1-11(2)36-19(33)12(3)30-39(34,38-13-7-5-4-6-8-13)35-9-14-16(32)22(23,24)20(37-14)31-10-27-15-17(25)28-21(26)29-18(15)31/h4-8,10-12,14,16,20,32H,9H2,1-3H3,(H,30,34)(H4,25,26,28,29)/t12-,14-,16-,20-,39+/m1/s1. The highest BCUT2D eigenvalue weighted by molar-refractivity contribution is 7.52. The van der Waals surface area contributed by atoms with E-state index in [0.29, 0.717) is 0 Å². The maximum Gasteiger partial charge on any atom is 0.459 e. The number of aliphatic hydroxyl groups excluding tert-OH is 1. The lowest BCUT2D eigenvalue weighted by molar-refractivity contribution is -0.149. The van der Waals surface area contributed by atoms with E-state index in [1.807, 2.05) is 0 Å². The van der Waals surface area contributed by atoms with Gasteiger partial charge in [-0.05, 0) is 32.9 Å². The molecule has 0 amide bonds. The summed E-state index contributed by atoms with van der Waals surface area (Å²) in [6.45, 7) is 4.30. The minimum absolute atomic E-state index is 0.0274. The highest BCUT2D eigenvalue weighted by Gasteiger charge is 2.56. The zero-order valence-corrected chi connectivity index (χ0v) is 23.5. The molecule has 0 bridgehead atoms. The average molecular weight is 604 g/mol. The normalized spacial score (nSPS) is 23.0. The number of anilines is 2. The number of fused-ring (bicyclic) bond motifs is 1. The van der Waals surface area contributed by atoms with Crippen molar-refractivity contribution in [3.63, 3.8) is 0 Å². The minimum Gasteiger partial charge on any atom is -0.462 e. The molecule has 1 aromatic carbocycles. The molecule has 1 aliphatic rings. The predicted molar refractivity (Wildman–Crippen MR) is 143 cm³/mol. The van der Waals surface area contributed by atoms with Crippen molar-refractivity contribution in [2.24, 2.45) is 0 Å². The SMILES string of the molecule is CC(C)OC(=O)[C@@H](C)N[P@](=O)(OC[C@H]1O[C@@H](n2cnc3c(N)nc(N)nc32)C(Cl)(Cl)[C@@H]1O)Oc1ccccc1. The van der Waals surface area contributed by atoms with E-state index in [1.54, 1.807) is 44.2 Å². The number of aromatic nitrogens is 4.